The van der Waals surface area contributed by atoms with Crippen LogP contribution in [0.15, 0.2) is 4.99 Å². The molecule has 6 aliphatic rings. The summed E-state index contributed by atoms with van der Waals surface area (Å²) in [6, 6.07) is 0. The molecule has 0 radical (unpaired) electrons. The third kappa shape index (κ3) is 2.37. The van der Waals surface area contributed by atoms with Crippen molar-refractivity contribution in [1.29, 1.82) is 0 Å². The van der Waals surface area contributed by atoms with Gasteiger partial charge in [-0.25, -0.2) is 0 Å². The lowest BCUT2D eigenvalue weighted by Gasteiger charge is -2.56. The summed E-state index contributed by atoms with van der Waals surface area (Å²) in [4.78, 5) is 17.1. The lowest BCUT2D eigenvalue weighted by molar-refractivity contribution is -0.148. The molecule has 0 unspecified atom stereocenters. The van der Waals surface area contributed by atoms with Gasteiger partial charge in [0.25, 0.3) is 0 Å². The smallest absolute Gasteiger partial charge is 0.312 e. The minimum absolute atomic E-state index is 0.0313. The van der Waals surface area contributed by atoms with Crippen LogP contribution in [0.3, 0.4) is 0 Å². The summed E-state index contributed by atoms with van der Waals surface area (Å²) >= 11 is 0. The van der Waals surface area contributed by atoms with Gasteiger partial charge in [-0.15, -0.1) is 0 Å². The summed E-state index contributed by atoms with van der Waals surface area (Å²) in [6.45, 7) is 0.976. The number of carbonyl (C=O) groups is 1. The molecule has 0 aromatic rings. The van der Waals surface area contributed by atoms with E-state index in [1.807, 2.05) is 0 Å². The van der Waals surface area contributed by atoms with E-state index in [1.54, 1.807) is 0 Å². The average Bonchev–Trinajstić information content (AvgIpc) is 2.80. The van der Waals surface area contributed by atoms with Crippen LogP contribution in [0.5, 0.6) is 0 Å². The highest BCUT2D eigenvalue weighted by Crippen LogP contribution is 2.60. The molecule has 1 spiro atoms. The van der Waals surface area contributed by atoms with E-state index < -0.39 is 0 Å². The summed E-state index contributed by atoms with van der Waals surface area (Å²) in [5.41, 5.74) is 1.29. The molecule has 3 heteroatoms. The zero-order valence-corrected chi connectivity index (χ0v) is 14.2. The van der Waals surface area contributed by atoms with E-state index in [1.165, 1.54) is 57.8 Å². The van der Waals surface area contributed by atoms with Crippen molar-refractivity contribution >= 4 is 11.7 Å². The SMILES string of the molecule is O=C1CC(=NCC23CC4CC(CC(C4)C2)C3)C2(CCCCC2)O1. The van der Waals surface area contributed by atoms with Crippen LogP contribution in [0.1, 0.15) is 77.0 Å². The highest BCUT2D eigenvalue weighted by Gasteiger charge is 2.52. The summed E-state index contributed by atoms with van der Waals surface area (Å²) in [7, 11) is 0. The highest BCUT2D eigenvalue weighted by molar-refractivity contribution is 6.09. The Kier molecular flexibility index (Phi) is 3.19. The Bertz CT molecular complexity index is 509. The van der Waals surface area contributed by atoms with E-state index in [9.17, 15) is 4.79 Å². The topological polar surface area (TPSA) is 38.7 Å². The van der Waals surface area contributed by atoms with Gasteiger partial charge >= 0.3 is 5.97 Å². The number of nitrogens with zero attached hydrogens (tertiary/aromatic N) is 1. The number of ether oxygens (including phenoxy) is 1. The fourth-order valence-electron chi connectivity index (χ4n) is 7.07. The Morgan fingerprint density at radius 3 is 2.17 bits per heavy atom. The number of carbonyl (C=O) groups excluding carboxylic acids is 1. The molecule has 4 bridgehead atoms. The molecule has 126 valence electrons. The first kappa shape index (κ1) is 14.5. The van der Waals surface area contributed by atoms with Crippen LogP contribution in [0, 0.1) is 23.2 Å². The van der Waals surface area contributed by atoms with Crippen LogP contribution < -0.4 is 0 Å². The maximum Gasteiger partial charge on any atom is 0.312 e. The fraction of sp³-hybridized carbons (Fsp3) is 0.900. The number of esters is 1. The first-order valence-electron chi connectivity index (χ1n) is 9.90. The molecule has 5 aliphatic carbocycles. The summed E-state index contributed by atoms with van der Waals surface area (Å²) in [5, 5.41) is 0. The van der Waals surface area contributed by atoms with Crippen molar-refractivity contribution in [3.05, 3.63) is 0 Å². The molecule has 6 rings (SSSR count). The lowest BCUT2D eigenvalue weighted by atomic mass is 9.49. The minimum atomic E-state index is -0.294. The van der Waals surface area contributed by atoms with Crippen molar-refractivity contribution in [2.24, 2.45) is 28.2 Å². The molecule has 0 aromatic carbocycles. The van der Waals surface area contributed by atoms with Crippen molar-refractivity contribution in [3.8, 4) is 0 Å². The predicted octanol–water partition coefficient (Wildman–Crippen LogP) is 4.29. The van der Waals surface area contributed by atoms with Gasteiger partial charge in [0.1, 0.15) is 0 Å². The summed E-state index contributed by atoms with van der Waals surface area (Å²) in [5.74, 6) is 2.90. The zero-order chi connectivity index (χ0) is 15.5. The van der Waals surface area contributed by atoms with E-state index in [0.29, 0.717) is 11.8 Å². The van der Waals surface area contributed by atoms with Crippen molar-refractivity contribution < 1.29 is 9.53 Å². The largest absolute Gasteiger partial charge is 0.453 e. The van der Waals surface area contributed by atoms with Crippen molar-refractivity contribution in [2.75, 3.05) is 6.54 Å². The van der Waals surface area contributed by atoms with Crippen LogP contribution in [0.2, 0.25) is 0 Å². The molecule has 0 amide bonds. The molecule has 0 N–H and O–H groups in total. The molecule has 1 heterocycles. The summed E-state index contributed by atoms with van der Waals surface area (Å²) in [6.07, 6.45) is 14.8. The van der Waals surface area contributed by atoms with E-state index in [0.717, 1.165) is 42.9 Å². The van der Waals surface area contributed by atoms with E-state index in [2.05, 4.69) is 0 Å². The highest BCUT2D eigenvalue weighted by atomic mass is 16.6. The summed E-state index contributed by atoms with van der Waals surface area (Å²) < 4.78 is 5.80. The van der Waals surface area contributed by atoms with Crippen molar-refractivity contribution in [3.63, 3.8) is 0 Å². The number of rotatable bonds is 2. The molecule has 6 fully saturated rings. The van der Waals surface area contributed by atoms with Gasteiger partial charge in [0.15, 0.2) is 5.60 Å². The van der Waals surface area contributed by atoms with Gasteiger partial charge in [-0.3, -0.25) is 9.79 Å². The molecular weight excluding hydrogens is 286 g/mol. The molecule has 0 aromatic heterocycles. The molecule has 23 heavy (non-hydrogen) atoms. The Labute approximate surface area is 139 Å². The van der Waals surface area contributed by atoms with Crippen molar-refractivity contribution in [2.45, 2.75) is 82.7 Å². The predicted molar refractivity (Wildman–Crippen MR) is 89.4 cm³/mol. The minimum Gasteiger partial charge on any atom is -0.453 e. The molecule has 5 saturated carbocycles. The fourth-order valence-corrected chi connectivity index (χ4v) is 7.07. The van der Waals surface area contributed by atoms with Crippen LogP contribution in [0.4, 0.5) is 0 Å². The average molecular weight is 315 g/mol. The Balaban J connectivity index is 1.38. The van der Waals surface area contributed by atoms with Gasteiger partial charge in [-0.05, 0) is 87.4 Å². The standard InChI is InChI=1S/C20H29NO2/c22-18-9-17(20(23-18)4-2-1-3-5-20)21-13-19-10-14-6-15(11-19)8-16(7-14)12-19/h14-16H,1-13H2. The van der Waals surface area contributed by atoms with E-state index in [-0.39, 0.29) is 11.6 Å². The maximum atomic E-state index is 11.9. The molecule has 0 atom stereocenters. The lowest BCUT2D eigenvalue weighted by Crippen LogP contribution is -2.48. The number of aliphatic imine (C=N–C) groups is 1. The van der Waals surface area contributed by atoms with Gasteiger partial charge in [0.2, 0.25) is 0 Å². The quantitative estimate of drug-likeness (QED) is 0.713. The van der Waals surface area contributed by atoms with Crippen LogP contribution in [-0.2, 0) is 9.53 Å². The third-order valence-electron chi connectivity index (χ3n) is 7.58. The van der Waals surface area contributed by atoms with Gasteiger partial charge in [0, 0.05) is 6.54 Å². The molecule has 1 aliphatic heterocycles. The Morgan fingerprint density at radius 2 is 1.57 bits per heavy atom. The van der Waals surface area contributed by atoms with Gasteiger partial charge < -0.3 is 4.74 Å². The zero-order valence-electron chi connectivity index (χ0n) is 14.2. The van der Waals surface area contributed by atoms with E-state index >= 15 is 0 Å². The molecule has 1 saturated heterocycles. The van der Waals surface area contributed by atoms with Gasteiger partial charge in [-0.1, -0.05) is 6.42 Å². The third-order valence-corrected chi connectivity index (χ3v) is 7.58. The van der Waals surface area contributed by atoms with Crippen molar-refractivity contribution in [1.82, 2.24) is 0 Å². The number of hydrogen-bond donors (Lipinski definition) is 0. The van der Waals surface area contributed by atoms with Gasteiger partial charge in [0.05, 0.1) is 12.1 Å². The second-order valence-electron chi connectivity index (χ2n) is 9.39. The Morgan fingerprint density at radius 1 is 0.957 bits per heavy atom. The van der Waals surface area contributed by atoms with Crippen LogP contribution in [0.25, 0.3) is 0 Å². The molecule has 3 nitrogen and oxygen atoms in total. The maximum absolute atomic E-state index is 11.9. The first-order valence-corrected chi connectivity index (χ1v) is 9.90. The van der Waals surface area contributed by atoms with Crippen LogP contribution >= 0.6 is 0 Å². The molecular formula is C20H29NO2. The second kappa shape index (κ2) is 5.07. The second-order valence-corrected chi connectivity index (χ2v) is 9.39. The monoisotopic (exact) mass is 315 g/mol. The first-order chi connectivity index (χ1) is 11.1. The van der Waals surface area contributed by atoms with Crippen LogP contribution in [-0.4, -0.2) is 23.8 Å². The Hall–Kier alpha value is -0.860. The number of hydrogen-bond acceptors (Lipinski definition) is 3. The normalized spacial score (nSPS) is 45.8. The van der Waals surface area contributed by atoms with Gasteiger partial charge in [-0.2, -0.15) is 0 Å². The van der Waals surface area contributed by atoms with E-state index in [4.69, 9.17) is 9.73 Å².